The highest BCUT2D eigenvalue weighted by Crippen LogP contribution is 2.17. The summed E-state index contributed by atoms with van der Waals surface area (Å²) in [5, 5.41) is 14.5. The quantitative estimate of drug-likeness (QED) is 0.861. The SMILES string of the molecule is Cl.O=C(NC1CCCN(c2cccnn2)C1)C1CCCN1. The molecule has 0 aliphatic carbocycles. The molecule has 2 aliphatic heterocycles. The summed E-state index contributed by atoms with van der Waals surface area (Å²) >= 11 is 0. The van der Waals surface area contributed by atoms with Crippen LogP contribution in [0.2, 0.25) is 0 Å². The zero-order valence-electron chi connectivity index (χ0n) is 12.0. The van der Waals surface area contributed by atoms with Gasteiger partial charge in [0.2, 0.25) is 5.91 Å². The minimum Gasteiger partial charge on any atom is -0.353 e. The third kappa shape index (κ3) is 4.04. The van der Waals surface area contributed by atoms with E-state index in [1.54, 1.807) is 6.20 Å². The van der Waals surface area contributed by atoms with E-state index in [0.29, 0.717) is 0 Å². The van der Waals surface area contributed by atoms with Crippen LogP contribution in [-0.2, 0) is 4.79 Å². The van der Waals surface area contributed by atoms with Crippen molar-refractivity contribution in [3.8, 4) is 0 Å². The highest BCUT2D eigenvalue weighted by molar-refractivity contribution is 5.85. The van der Waals surface area contributed by atoms with Crippen LogP contribution < -0.4 is 15.5 Å². The molecule has 0 spiro atoms. The van der Waals surface area contributed by atoms with E-state index in [1.165, 1.54) is 0 Å². The molecule has 0 bridgehead atoms. The van der Waals surface area contributed by atoms with E-state index in [1.807, 2.05) is 12.1 Å². The molecule has 2 atom stereocenters. The van der Waals surface area contributed by atoms with Crippen molar-refractivity contribution in [1.82, 2.24) is 20.8 Å². The van der Waals surface area contributed by atoms with Gasteiger partial charge in [-0.05, 0) is 44.4 Å². The normalized spacial score (nSPS) is 25.2. The lowest BCUT2D eigenvalue weighted by atomic mass is 10.0. The van der Waals surface area contributed by atoms with Crippen molar-refractivity contribution in [2.45, 2.75) is 37.8 Å². The number of amides is 1. The average molecular weight is 312 g/mol. The Morgan fingerprint density at radius 2 is 2.29 bits per heavy atom. The fourth-order valence-electron chi connectivity index (χ4n) is 2.98. The minimum absolute atomic E-state index is 0. The molecule has 0 aromatic carbocycles. The summed E-state index contributed by atoms with van der Waals surface area (Å²) in [7, 11) is 0. The number of nitrogens with one attached hydrogen (secondary N) is 2. The van der Waals surface area contributed by atoms with Gasteiger partial charge >= 0.3 is 0 Å². The molecule has 2 aliphatic rings. The van der Waals surface area contributed by atoms with Crippen molar-refractivity contribution in [3.63, 3.8) is 0 Å². The van der Waals surface area contributed by atoms with Gasteiger partial charge in [-0.15, -0.1) is 17.5 Å². The van der Waals surface area contributed by atoms with E-state index in [-0.39, 0.29) is 30.4 Å². The number of nitrogens with zero attached hydrogens (tertiary/aromatic N) is 3. The van der Waals surface area contributed by atoms with Gasteiger partial charge in [0.1, 0.15) is 0 Å². The maximum atomic E-state index is 12.1. The van der Waals surface area contributed by atoms with Crippen LogP contribution in [0.15, 0.2) is 18.3 Å². The van der Waals surface area contributed by atoms with Crippen molar-refractivity contribution in [1.29, 1.82) is 0 Å². The molecule has 6 nitrogen and oxygen atoms in total. The molecule has 2 N–H and O–H groups in total. The molecule has 3 heterocycles. The maximum absolute atomic E-state index is 12.1. The first-order chi connectivity index (χ1) is 9.83. The lowest BCUT2D eigenvalue weighted by Crippen LogP contribution is -2.52. The lowest BCUT2D eigenvalue weighted by molar-refractivity contribution is -0.123. The molecular formula is C14H22ClN5O. The Bertz CT molecular complexity index is 452. The first kappa shape index (κ1) is 16.0. The van der Waals surface area contributed by atoms with Crippen LogP contribution in [0.3, 0.4) is 0 Å². The number of carbonyl (C=O) groups excluding carboxylic acids is 1. The summed E-state index contributed by atoms with van der Waals surface area (Å²) in [6, 6.07) is 4.07. The number of carbonyl (C=O) groups is 1. The van der Waals surface area contributed by atoms with Crippen LogP contribution in [-0.4, -0.2) is 47.8 Å². The van der Waals surface area contributed by atoms with Crippen LogP contribution in [0.4, 0.5) is 5.82 Å². The van der Waals surface area contributed by atoms with Gasteiger partial charge in [0, 0.05) is 25.3 Å². The molecule has 0 radical (unpaired) electrons. The van der Waals surface area contributed by atoms with Gasteiger partial charge in [-0.3, -0.25) is 4.79 Å². The van der Waals surface area contributed by atoms with E-state index < -0.39 is 0 Å². The van der Waals surface area contributed by atoms with Crippen molar-refractivity contribution >= 4 is 24.1 Å². The molecule has 2 unspecified atom stereocenters. The smallest absolute Gasteiger partial charge is 0.237 e. The second-order valence-corrected chi connectivity index (χ2v) is 5.52. The Hall–Kier alpha value is -1.40. The zero-order chi connectivity index (χ0) is 13.8. The molecule has 2 saturated heterocycles. The topological polar surface area (TPSA) is 70.2 Å². The van der Waals surface area contributed by atoms with Crippen LogP contribution in [0.1, 0.15) is 25.7 Å². The molecule has 116 valence electrons. The lowest BCUT2D eigenvalue weighted by Gasteiger charge is -2.34. The summed E-state index contributed by atoms with van der Waals surface area (Å²) in [5.74, 6) is 1.04. The van der Waals surface area contributed by atoms with E-state index in [4.69, 9.17) is 0 Å². The van der Waals surface area contributed by atoms with Crippen molar-refractivity contribution < 1.29 is 4.79 Å². The maximum Gasteiger partial charge on any atom is 0.237 e. The first-order valence-electron chi connectivity index (χ1n) is 7.39. The highest BCUT2D eigenvalue weighted by atomic mass is 35.5. The molecule has 2 fully saturated rings. The number of anilines is 1. The number of piperidine rings is 1. The molecule has 1 aromatic rings. The first-order valence-corrected chi connectivity index (χ1v) is 7.39. The van der Waals surface area contributed by atoms with E-state index in [2.05, 4.69) is 25.7 Å². The summed E-state index contributed by atoms with van der Waals surface area (Å²) < 4.78 is 0. The molecule has 1 amide bonds. The number of hydrogen-bond donors (Lipinski definition) is 2. The Kier molecular flexibility index (Phi) is 5.76. The van der Waals surface area contributed by atoms with Gasteiger partial charge in [0.25, 0.3) is 0 Å². The van der Waals surface area contributed by atoms with Gasteiger partial charge < -0.3 is 15.5 Å². The average Bonchev–Trinajstić information content (AvgIpc) is 3.03. The predicted molar refractivity (Wildman–Crippen MR) is 83.7 cm³/mol. The van der Waals surface area contributed by atoms with Gasteiger partial charge in [0.05, 0.1) is 6.04 Å². The number of hydrogen-bond acceptors (Lipinski definition) is 5. The summed E-state index contributed by atoms with van der Waals surface area (Å²) in [6.07, 6.45) is 5.83. The Labute approximate surface area is 131 Å². The third-order valence-electron chi connectivity index (χ3n) is 4.03. The zero-order valence-corrected chi connectivity index (χ0v) is 12.8. The standard InChI is InChI=1S/C14H21N5O.ClH/c20-14(12-5-1-7-15-12)17-11-4-3-9-19(10-11)13-6-2-8-16-18-13;/h2,6,8,11-12,15H,1,3-5,7,9-10H2,(H,17,20);1H. The molecule has 0 saturated carbocycles. The van der Waals surface area contributed by atoms with Gasteiger partial charge in [-0.25, -0.2) is 0 Å². The van der Waals surface area contributed by atoms with Crippen LogP contribution in [0, 0.1) is 0 Å². The molecule has 21 heavy (non-hydrogen) atoms. The largest absolute Gasteiger partial charge is 0.353 e. The Morgan fingerprint density at radius 3 is 3.00 bits per heavy atom. The molecule has 1 aromatic heterocycles. The molecular weight excluding hydrogens is 290 g/mol. The number of aromatic nitrogens is 2. The summed E-state index contributed by atoms with van der Waals surface area (Å²) in [4.78, 5) is 14.3. The van der Waals surface area contributed by atoms with E-state index in [0.717, 1.165) is 51.1 Å². The molecule has 3 rings (SSSR count). The summed E-state index contributed by atoms with van der Waals surface area (Å²) in [6.45, 7) is 2.75. The second-order valence-electron chi connectivity index (χ2n) is 5.52. The molecule has 7 heteroatoms. The van der Waals surface area contributed by atoms with Crippen LogP contribution in [0.5, 0.6) is 0 Å². The van der Waals surface area contributed by atoms with Crippen molar-refractivity contribution in [2.75, 3.05) is 24.5 Å². The fourth-order valence-corrected chi connectivity index (χ4v) is 2.98. The third-order valence-corrected chi connectivity index (χ3v) is 4.03. The monoisotopic (exact) mass is 311 g/mol. The Morgan fingerprint density at radius 1 is 1.38 bits per heavy atom. The van der Waals surface area contributed by atoms with Crippen molar-refractivity contribution in [2.24, 2.45) is 0 Å². The van der Waals surface area contributed by atoms with Gasteiger partial charge in [-0.1, -0.05) is 0 Å². The van der Waals surface area contributed by atoms with Crippen LogP contribution >= 0.6 is 12.4 Å². The fraction of sp³-hybridized carbons (Fsp3) is 0.643. The minimum atomic E-state index is 0. The van der Waals surface area contributed by atoms with E-state index >= 15 is 0 Å². The van der Waals surface area contributed by atoms with Crippen molar-refractivity contribution in [3.05, 3.63) is 18.3 Å². The predicted octanol–water partition coefficient (Wildman–Crippen LogP) is 0.735. The van der Waals surface area contributed by atoms with E-state index in [9.17, 15) is 4.79 Å². The van der Waals surface area contributed by atoms with Gasteiger partial charge in [0.15, 0.2) is 5.82 Å². The highest BCUT2D eigenvalue weighted by Gasteiger charge is 2.27. The number of halogens is 1. The second kappa shape index (κ2) is 7.56. The van der Waals surface area contributed by atoms with Crippen LogP contribution in [0.25, 0.3) is 0 Å². The Balaban J connectivity index is 0.00000161. The van der Waals surface area contributed by atoms with Gasteiger partial charge in [-0.2, -0.15) is 5.10 Å². The summed E-state index contributed by atoms with van der Waals surface area (Å²) in [5.41, 5.74) is 0. The number of rotatable bonds is 3.